The fourth-order valence-electron chi connectivity index (χ4n) is 9.98. The van der Waals surface area contributed by atoms with Crippen LogP contribution in [0.5, 0.6) is 0 Å². The van der Waals surface area contributed by atoms with Crippen LogP contribution in [-0.4, -0.2) is 37.9 Å². The largest absolute Gasteiger partial charge is 0.462 e. The van der Waals surface area contributed by atoms with Gasteiger partial charge in [-0.15, -0.1) is 0 Å². The molecule has 0 rings (SSSR count). The molecule has 0 fully saturated rings. The molecule has 0 bridgehead atoms. The van der Waals surface area contributed by atoms with Crippen LogP contribution in [-0.2, 0) is 23.8 Å². The van der Waals surface area contributed by atoms with Crippen LogP contribution in [0.3, 0.4) is 0 Å². The average molecular weight is 988 g/mol. The van der Waals surface area contributed by atoms with Crippen LogP contribution in [0.1, 0.15) is 367 Å². The topological polar surface area (TPSA) is 61.8 Å². The Balaban J connectivity index is 4.18. The summed E-state index contributed by atoms with van der Waals surface area (Å²) in [5, 5.41) is 0. The molecule has 0 saturated heterocycles. The van der Waals surface area contributed by atoms with Crippen molar-refractivity contribution in [3.05, 3.63) is 12.2 Å². The lowest BCUT2D eigenvalue weighted by Gasteiger charge is -2.18. The van der Waals surface area contributed by atoms with E-state index in [0.29, 0.717) is 26.1 Å². The van der Waals surface area contributed by atoms with Crippen LogP contribution in [0.15, 0.2) is 12.2 Å². The number of esters is 2. The third kappa shape index (κ3) is 59.2. The minimum Gasteiger partial charge on any atom is -0.462 e. The first-order chi connectivity index (χ1) is 34.6. The van der Waals surface area contributed by atoms with Gasteiger partial charge in [0, 0.05) is 19.4 Å². The van der Waals surface area contributed by atoms with Gasteiger partial charge < -0.3 is 14.2 Å². The average Bonchev–Trinajstić information content (AvgIpc) is 3.36. The Kier molecular flexibility index (Phi) is 60.7. The van der Waals surface area contributed by atoms with Crippen LogP contribution in [0, 0.1) is 0 Å². The van der Waals surface area contributed by atoms with Gasteiger partial charge in [-0.05, 0) is 44.9 Å². The molecular weight excluding hydrogens is 861 g/mol. The van der Waals surface area contributed by atoms with E-state index in [9.17, 15) is 9.59 Å². The van der Waals surface area contributed by atoms with E-state index in [4.69, 9.17) is 14.2 Å². The van der Waals surface area contributed by atoms with Crippen LogP contribution in [0.4, 0.5) is 0 Å². The molecule has 0 saturated carbocycles. The third-order valence-corrected chi connectivity index (χ3v) is 14.8. The first kappa shape index (κ1) is 68.6. The molecule has 0 amide bonds. The molecule has 0 aliphatic heterocycles. The molecule has 0 aliphatic rings. The highest BCUT2D eigenvalue weighted by molar-refractivity contribution is 5.70. The van der Waals surface area contributed by atoms with E-state index in [0.717, 1.165) is 32.1 Å². The summed E-state index contributed by atoms with van der Waals surface area (Å²) in [4.78, 5) is 25.6. The van der Waals surface area contributed by atoms with Crippen LogP contribution in [0.2, 0.25) is 0 Å². The third-order valence-electron chi connectivity index (χ3n) is 14.8. The first-order valence-electron chi connectivity index (χ1n) is 32.2. The second-order valence-corrected chi connectivity index (χ2v) is 22.0. The minimum absolute atomic E-state index is 0.0948. The number of carbonyl (C=O) groups is 2. The minimum atomic E-state index is -0.529. The fourth-order valence-corrected chi connectivity index (χ4v) is 9.98. The summed E-state index contributed by atoms with van der Waals surface area (Å²) >= 11 is 0. The van der Waals surface area contributed by atoms with E-state index in [1.54, 1.807) is 0 Å². The molecule has 1 unspecified atom stereocenters. The molecule has 5 nitrogen and oxygen atoms in total. The van der Waals surface area contributed by atoms with Crippen molar-refractivity contribution in [3.8, 4) is 0 Å². The SMILES string of the molecule is CCCCCCCC/C=C\CCCCCCCCCCCC(=O)OCC(COCCCCCCCCCCCCCCCCCCCCCC)OC(=O)CCCCCCCCCCCCCCCCC. The molecule has 0 aromatic carbocycles. The van der Waals surface area contributed by atoms with Crippen molar-refractivity contribution >= 4 is 11.9 Å². The van der Waals surface area contributed by atoms with E-state index < -0.39 is 6.10 Å². The van der Waals surface area contributed by atoms with Gasteiger partial charge in [0.1, 0.15) is 6.61 Å². The number of unbranched alkanes of at least 4 members (excludes halogenated alkanes) is 48. The molecule has 1 atom stereocenters. The normalized spacial score (nSPS) is 12.1. The van der Waals surface area contributed by atoms with E-state index in [-0.39, 0.29) is 18.5 Å². The summed E-state index contributed by atoms with van der Waals surface area (Å²) in [6, 6.07) is 0. The standard InChI is InChI=1S/C65H126O5/c1-4-7-10-13-16-19-22-25-28-30-32-34-36-39-42-45-48-51-54-57-60-68-61-63(70-65(67)59-56-53-50-47-44-41-37-27-24-21-18-15-12-9-6-3)62-69-64(66)58-55-52-49-46-43-40-38-35-33-31-29-26-23-20-17-14-11-8-5-2/h26,29,63H,4-25,27-28,30-62H2,1-3H3/b29-26-. The first-order valence-corrected chi connectivity index (χ1v) is 32.2. The second-order valence-electron chi connectivity index (χ2n) is 22.0. The highest BCUT2D eigenvalue weighted by Gasteiger charge is 2.18. The zero-order valence-electron chi connectivity index (χ0n) is 48.1. The maximum atomic E-state index is 12.9. The van der Waals surface area contributed by atoms with Crippen molar-refractivity contribution in [2.75, 3.05) is 19.8 Å². The van der Waals surface area contributed by atoms with Crippen molar-refractivity contribution in [2.45, 2.75) is 374 Å². The predicted octanol–water partition coefficient (Wildman–Crippen LogP) is 22.1. The molecule has 416 valence electrons. The Labute approximate surface area is 439 Å². The Hall–Kier alpha value is -1.36. The second kappa shape index (κ2) is 61.9. The molecule has 0 N–H and O–H groups in total. The lowest BCUT2D eigenvalue weighted by Crippen LogP contribution is -2.30. The van der Waals surface area contributed by atoms with Crippen molar-refractivity contribution in [3.63, 3.8) is 0 Å². The zero-order chi connectivity index (χ0) is 50.6. The maximum absolute atomic E-state index is 12.9. The van der Waals surface area contributed by atoms with Crippen molar-refractivity contribution in [1.82, 2.24) is 0 Å². The molecule has 5 heteroatoms. The molecule has 0 aliphatic carbocycles. The van der Waals surface area contributed by atoms with E-state index >= 15 is 0 Å². The van der Waals surface area contributed by atoms with Gasteiger partial charge in [0.25, 0.3) is 0 Å². The van der Waals surface area contributed by atoms with Gasteiger partial charge in [-0.25, -0.2) is 0 Å². The number of hydrogen-bond acceptors (Lipinski definition) is 5. The number of hydrogen-bond donors (Lipinski definition) is 0. The predicted molar refractivity (Wildman–Crippen MR) is 307 cm³/mol. The fraction of sp³-hybridized carbons (Fsp3) is 0.938. The number of allylic oxidation sites excluding steroid dienone is 2. The van der Waals surface area contributed by atoms with Gasteiger partial charge in [-0.1, -0.05) is 322 Å². The highest BCUT2D eigenvalue weighted by Crippen LogP contribution is 2.18. The molecule has 0 aromatic heterocycles. The summed E-state index contributed by atoms with van der Waals surface area (Å²) in [5.74, 6) is -0.368. The van der Waals surface area contributed by atoms with Gasteiger partial charge in [0.2, 0.25) is 0 Å². The Morgan fingerprint density at radius 3 is 0.871 bits per heavy atom. The summed E-state index contributed by atoms with van der Waals surface area (Å²) in [6.07, 6.45) is 73.9. The van der Waals surface area contributed by atoms with Crippen molar-refractivity contribution in [1.29, 1.82) is 0 Å². The van der Waals surface area contributed by atoms with Gasteiger partial charge >= 0.3 is 11.9 Å². The maximum Gasteiger partial charge on any atom is 0.306 e. The number of rotatable bonds is 61. The van der Waals surface area contributed by atoms with Crippen LogP contribution >= 0.6 is 0 Å². The highest BCUT2D eigenvalue weighted by atomic mass is 16.6. The lowest BCUT2D eigenvalue weighted by atomic mass is 10.0. The smallest absolute Gasteiger partial charge is 0.306 e. The molecule has 0 aromatic rings. The van der Waals surface area contributed by atoms with Gasteiger partial charge in [-0.3, -0.25) is 9.59 Å². The number of carbonyl (C=O) groups excluding carboxylic acids is 2. The quantitative estimate of drug-likeness (QED) is 0.0345. The summed E-state index contributed by atoms with van der Waals surface area (Å²) < 4.78 is 17.6. The Morgan fingerprint density at radius 1 is 0.300 bits per heavy atom. The Bertz CT molecular complexity index is 1030. The van der Waals surface area contributed by atoms with Crippen molar-refractivity contribution in [2.24, 2.45) is 0 Å². The zero-order valence-corrected chi connectivity index (χ0v) is 48.1. The molecule has 70 heavy (non-hydrogen) atoms. The summed E-state index contributed by atoms with van der Waals surface area (Å²) in [6.45, 7) is 7.92. The summed E-state index contributed by atoms with van der Waals surface area (Å²) in [7, 11) is 0. The Morgan fingerprint density at radius 2 is 0.557 bits per heavy atom. The molecule has 0 spiro atoms. The van der Waals surface area contributed by atoms with Gasteiger partial charge in [0.05, 0.1) is 6.61 Å². The van der Waals surface area contributed by atoms with E-state index in [1.807, 2.05) is 0 Å². The summed E-state index contributed by atoms with van der Waals surface area (Å²) in [5.41, 5.74) is 0. The molecule has 0 radical (unpaired) electrons. The van der Waals surface area contributed by atoms with Crippen LogP contribution < -0.4 is 0 Å². The number of ether oxygens (including phenoxy) is 3. The van der Waals surface area contributed by atoms with E-state index in [1.165, 1.54) is 302 Å². The van der Waals surface area contributed by atoms with Crippen LogP contribution in [0.25, 0.3) is 0 Å². The monoisotopic (exact) mass is 987 g/mol. The molecule has 0 heterocycles. The molecular formula is C65H126O5. The van der Waals surface area contributed by atoms with E-state index in [2.05, 4.69) is 32.9 Å². The van der Waals surface area contributed by atoms with Gasteiger partial charge in [0.15, 0.2) is 6.10 Å². The lowest BCUT2D eigenvalue weighted by molar-refractivity contribution is -0.163. The van der Waals surface area contributed by atoms with Crippen molar-refractivity contribution < 1.29 is 23.8 Å². The van der Waals surface area contributed by atoms with Gasteiger partial charge in [-0.2, -0.15) is 0 Å².